The number of aliphatic hydroxyl groups excluding tert-OH is 1. The number of nitrogen functional groups attached to an aromatic ring is 1. The van der Waals surface area contributed by atoms with E-state index in [0.717, 1.165) is 25.9 Å². The van der Waals surface area contributed by atoms with Crippen LogP contribution in [0.25, 0.3) is 0 Å². The van der Waals surface area contributed by atoms with E-state index in [9.17, 15) is 5.11 Å². The zero-order chi connectivity index (χ0) is 13.1. The van der Waals surface area contributed by atoms with Crippen molar-refractivity contribution in [2.75, 3.05) is 18.0 Å². The summed E-state index contributed by atoms with van der Waals surface area (Å²) in [6.45, 7) is 3.47. The molecule has 98 valence electrons. The molecule has 18 heavy (non-hydrogen) atoms. The van der Waals surface area contributed by atoms with Gasteiger partial charge in [-0.3, -0.25) is 5.41 Å². The van der Waals surface area contributed by atoms with Gasteiger partial charge in [0.25, 0.3) is 0 Å². The van der Waals surface area contributed by atoms with Gasteiger partial charge < -0.3 is 15.7 Å². The number of amidine groups is 1. The third-order valence-electron chi connectivity index (χ3n) is 3.51. The molecule has 1 unspecified atom stereocenters. The molecule has 1 fully saturated rings. The fourth-order valence-corrected chi connectivity index (χ4v) is 2.36. The van der Waals surface area contributed by atoms with Gasteiger partial charge in [-0.15, -0.1) is 5.10 Å². The topological polar surface area (TPSA) is 99.1 Å². The Kier molecular flexibility index (Phi) is 3.76. The number of nitrogens with two attached hydrogens (primary N) is 1. The Bertz CT molecular complexity index is 426. The van der Waals surface area contributed by atoms with Gasteiger partial charge in [-0.1, -0.05) is 0 Å². The number of hydrogen-bond donors (Lipinski definition) is 3. The second kappa shape index (κ2) is 5.30. The Labute approximate surface area is 106 Å². The van der Waals surface area contributed by atoms with Gasteiger partial charge in [0, 0.05) is 13.1 Å². The maximum absolute atomic E-state index is 9.58. The van der Waals surface area contributed by atoms with Crippen molar-refractivity contribution < 1.29 is 5.11 Å². The Morgan fingerprint density at radius 1 is 1.56 bits per heavy atom. The largest absolute Gasteiger partial charge is 0.393 e. The number of nitrogens with one attached hydrogen (secondary N) is 1. The van der Waals surface area contributed by atoms with Crippen LogP contribution < -0.4 is 10.6 Å². The van der Waals surface area contributed by atoms with Crippen molar-refractivity contribution in [2.24, 2.45) is 11.7 Å². The number of rotatable bonds is 3. The van der Waals surface area contributed by atoms with Crippen molar-refractivity contribution in [3.63, 3.8) is 0 Å². The molecule has 0 radical (unpaired) electrons. The lowest BCUT2D eigenvalue weighted by Gasteiger charge is -2.34. The highest BCUT2D eigenvalue weighted by molar-refractivity contribution is 5.99. The van der Waals surface area contributed by atoms with Gasteiger partial charge >= 0.3 is 0 Å². The summed E-state index contributed by atoms with van der Waals surface area (Å²) in [4.78, 5) is 2.09. The molecule has 2 rings (SSSR count). The average molecular weight is 249 g/mol. The molecule has 0 bridgehead atoms. The lowest BCUT2D eigenvalue weighted by molar-refractivity contribution is 0.109. The van der Waals surface area contributed by atoms with Crippen molar-refractivity contribution in [2.45, 2.75) is 25.9 Å². The van der Waals surface area contributed by atoms with E-state index in [1.54, 1.807) is 12.3 Å². The zero-order valence-corrected chi connectivity index (χ0v) is 10.5. The number of aromatic nitrogens is 2. The quantitative estimate of drug-likeness (QED) is 0.530. The SMILES string of the molecule is CC(O)C1CCN(c2nnccc2C(=N)N)CC1. The lowest BCUT2D eigenvalue weighted by Crippen LogP contribution is -2.38. The van der Waals surface area contributed by atoms with Crippen LogP contribution in [0, 0.1) is 11.3 Å². The minimum absolute atomic E-state index is 0.0116. The second-order valence-corrected chi connectivity index (χ2v) is 4.75. The van der Waals surface area contributed by atoms with Crippen LogP contribution in [0.1, 0.15) is 25.3 Å². The third-order valence-corrected chi connectivity index (χ3v) is 3.51. The molecule has 0 spiro atoms. The highest BCUT2D eigenvalue weighted by Gasteiger charge is 2.25. The summed E-state index contributed by atoms with van der Waals surface area (Å²) in [5, 5.41) is 25.1. The van der Waals surface area contributed by atoms with Crippen LogP contribution >= 0.6 is 0 Å². The summed E-state index contributed by atoms with van der Waals surface area (Å²) >= 11 is 0. The van der Waals surface area contributed by atoms with Gasteiger partial charge in [-0.25, -0.2) is 0 Å². The summed E-state index contributed by atoms with van der Waals surface area (Å²) in [6.07, 6.45) is 3.13. The Morgan fingerprint density at radius 2 is 2.22 bits per heavy atom. The number of anilines is 1. The Hall–Kier alpha value is -1.69. The van der Waals surface area contributed by atoms with E-state index in [0.29, 0.717) is 17.3 Å². The molecule has 0 saturated carbocycles. The summed E-state index contributed by atoms with van der Waals surface area (Å²) in [5.74, 6) is 1.03. The molecule has 0 aromatic carbocycles. The van der Waals surface area contributed by atoms with Crippen molar-refractivity contribution in [3.8, 4) is 0 Å². The predicted molar refractivity (Wildman–Crippen MR) is 69.7 cm³/mol. The minimum Gasteiger partial charge on any atom is -0.393 e. The van der Waals surface area contributed by atoms with Gasteiger partial charge in [0.05, 0.1) is 17.9 Å². The van der Waals surface area contributed by atoms with E-state index in [-0.39, 0.29) is 11.9 Å². The van der Waals surface area contributed by atoms with E-state index >= 15 is 0 Å². The smallest absolute Gasteiger partial charge is 0.162 e. The van der Waals surface area contributed by atoms with Gasteiger partial charge in [0.2, 0.25) is 0 Å². The molecule has 6 heteroatoms. The molecular weight excluding hydrogens is 230 g/mol. The number of aliphatic hydroxyl groups is 1. The van der Waals surface area contributed by atoms with Crippen LogP contribution in [0.15, 0.2) is 12.3 Å². The van der Waals surface area contributed by atoms with Crippen LogP contribution in [0.3, 0.4) is 0 Å². The maximum Gasteiger partial charge on any atom is 0.162 e. The molecule has 4 N–H and O–H groups in total. The van der Waals surface area contributed by atoms with Crippen LogP contribution in [-0.2, 0) is 0 Å². The molecule has 6 nitrogen and oxygen atoms in total. The molecule has 0 aliphatic carbocycles. The predicted octanol–water partition coefficient (Wildman–Crippen LogP) is 0.358. The van der Waals surface area contributed by atoms with Crippen LogP contribution in [0.2, 0.25) is 0 Å². The maximum atomic E-state index is 9.58. The molecule has 2 heterocycles. The summed E-state index contributed by atoms with van der Waals surface area (Å²) in [6, 6.07) is 1.71. The van der Waals surface area contributed by atoms with Crippen LogP contribution in [0.5, 0.6) is 0 Å². The first kappa shape index (κ1) is 12.8. The molecule has 1 aliphatic rings. The van der Waals surface area contributed by atoms with E-state index in [1.807, 2.05) is 6.92 Å². The summed E-state index contributed by atoms with van der Waals surface area (Å²) in [7, 11) is 0. The van der Waals surface area contributed by atoms with E-state index in [2.05, 4.69) is 15.1 Å². The first-order valence-corrected chi connectivity index (χ1v) is 6.18. The molecule has 0 amide bonds. The van der Waals surface area contributed by atoms with Gasteiger partial charge in [-0.05, 0) is 31.7 Å². The van der Waals surface area contributed by atoms with Crippen LogP contribution in [0.4, 0.5) is 5.82 Å². The number of nitrogens with zero attached hydrogens (tertiary/aromatic N) is 3. The molecule has 1 aromatic rings. The third kappa shape index (κ3) is 2.59. The van der Waals surface area contributed by atoms with E-state index < -0.39 is 0 Å². The van der Waals surface area contributed by atoms with Gasteiger partial charge in [0.1, 0.15) is 5.84 Å². The second-order valence-electron chi connectivity index (χ2n) is 4.75. The summed E-state index contributed by atoms with van der Waals surface area (Å²) in [5.41, 5.74) is 6.17. The fourth-order valence-electron chi connectivity index (χ4n) is 2.36. The zero-order valence-electron chi connectivity index (χ0n) is 10.5. The van der Waals surface area contributed by atoms with Crippen molar-refractivity contribution >= 4 is 11.7 Å². The molecule has 1 atom stereocenters. The van der Waals surface area contributed by atoms with E-state index in [1.165, 1.54) is 0 Å². The average Bonchev–Trinajstić information content (AvgIpc) is 2.39. The first-order chi connectivity index (χ1) is 8.59. The molecular formula is C12H19N5O. The van der Waals surface area contributed by atoms with E-state index in [4.69, 9.17) is 11.1 Å². The monoisotopic (exact) mass is 249 g/mol. The van der Waals surface area contributed by atoms with Crippen LogP contribution in [-0.4, -0.2) is 40.3 Å². The van der Waals surface area contributed by atoms with Crippen molar-refractivity contribution in [3.05, 3.63) is 17.8 Å². The normalized spacial score (nSPS) is 18.7. The standard InChI is InChI=1S/C12H19N5O/c1-8(18)9-3-6-17(7-4-9)12-10(11(13)14)2-5-15-16-12/h2,5,8-9,18H,3-4,6-7H2,1H3,(H3,13,14). The highest BCUT2D eigenvalue weighted by Crippen LogP contribution is 2.25. The van der Waals surface area contributed by atoms with Crippen molar-refractivity contribution in [1.82, 2.24) is 10.2 Å². The molecule has 1 aromatic heterocycles. The van der Waals surface area contributed by atoms with Crippen molar-refractivity contribution in [1.29, 1.82) is 5.41 Å². The van der Waals surface area contributed by atoms with Gasteiger partial charge in [-0.2, -0.15) is 5.10 Å². The Balaban J connectivity index is 2.12. The minimum atomic E-state index is -0.263. The fraction of sp³-hybridized carbons (Fsp3) is 0.583. The number of hydrogen-bond acceptors (Lipinski definition) is 5. The lowest BCUT2D eigenvalue weighted by atomic mass is 9.92. The summed E-state index contributed by atoms with van der Waals surface area (Å²) < 4.78 is 0. The number of piperidine rings is 1. The Morgan fingerprint density at radius 3 is 2.78 bits per heavy atom. The molecule has 1 saturated heterocycles. The molecule has 1 aliphatic heterocycles. The van der Waals surface area contributed by atoms with Gasteiger partial charge in [0.15, 0.2) is 5.82 Å². The highest BCUT2D eigenvalue weighted by atomic mass is 16.3. The first-order valence-electron chi connectivity index (χ1n) is 6.18.